The first-order valence-corrected chi connectivity index (χ1v) is 19.0. The molecule has 0 radical (unpaired) electrons. The molecule has 0 bridgehead atoms. The highest BCUT2D eigenvalue weighted by atomic mass is 16.4. The molecule has 4 heterocycles. The van der Waals surface area contributed by atoms with Gasteiger partial charge in [-0.05, 0) is 34.7 Å². The molecule has 0 saturated heterocycles. The highest BCUT2D eigenvalue weighted by molar-refractivity contribution is 6.23. The molecule has 7 nitrogen and oxygen atoms in total. The number of nitrogens with zero attached hydrogens (tertiary/aromatic N) is 6. The lowest BCUT2D eigenvalue weighted by molar-refractivity contribution is 0.574. The second kappa shape index (κ2) is 12.3. The van der Waals surface area contributed by atoms with Gasteiger partial charge < -0.3 is 4.42 Å². The molecule has 0 spiro atoms. The zero-order valence-electron chi connectivity index (χ0n) is 30.4. The van der Waals surface area contributed by atoms with Gasteiger partial charge in [-0.3, -0.25) is 9.13 Å². The summed E-state index contributed by atoms with van der Waals surface area (Å²) in [7, 11) is 0. The zero-order valence-corrected chi connectivity index (χ0v) is 30.4. The molecule has 0 atom stereocenters. The van der Waals surface area contributed by atoms with Crippen LogP contribution in [-0.4, -0.2) is 29.1 Å². The Hall–Kier alpha value is -7.90. The molecule has 0 unspecified atom stereocenters. The minimum atomic E-state index is 0.497. The fourth-order valence-corrected chi connectivity index (χ4v) is 8.40. The second-order valence-corrected chi connectivity index (χ2v) is 14.3. The maximum atomic E-state index is 6.70. The van der Waals surface area contributed by atoms with E-state index < -0.39 is 0 Å². The van der Waals surface area contributed by atoms with Gasteiger partial charge in [0.25, 0.3) is 0 Å². The lowest BCUT2D eigenvalue weighted by Crippen LogP contribution is -2.07. The third kappa shape index (κ3) is 4.86. The maximum Gasteiger partial charge on any atom is 0.307 e. The molecule has 0 aliphatic heterocycles. The van der Waals surface area contributed by atoms with Crippen molar-refractivity contribution < 1.29 is 4.42 Å². The van der Waals surface area contributed by atoms with Gasteiger partial charge in [-0.1, -0.05) is 164 Å². The van der Waals surface area contributed by atoms with Crippen LogP contribution in [-0.2, 0) is 0 Å². The van der Waals surface area contributed by atoms with Gasteiger partial charge in [-0.2, -0.15) is 15.0 Å². The van der Waals surface area contributed by atoms with E-state index >= 15 is 0 Å². The molecule has 0 aliphatic carbocycles. The number of aromatic nitrogens is 6. The van der Waals surface area contributed by atoms with E-state index in [1.807, 2.05) is 54.6 Å². The smallest absolute Gasteiger partial charge is 0.307 e. The van der Waals surface area contributed by atoms with E-state index in [2.05, 4.69) is 137 Å². The molecule has 7 heteroatoms. The lowest BCUT2D eigenvalue weighted by Gasteiger charge is -2.12. The first-order valence-electron chi connectivity index (χ1n) is 19.0. The van der Waals surface area contributed by atoms with E-state index in [4.69, 9.17) is 24.4 Å². The minimum absolute atomic E-state index is 0.497. The molecule has 12 rings (SSSR count). The third-order valence-electron chi connectivity index (χ3n) is 11.0. The highest BCUT2D eigenvalue weighted by Gasteiger charge is 2.25. The van der Waals surface area contributed by atoms with Gasteiger partial charge in [-0.15, -0.1) is 0 Å². The maximum absolute atomic E-state index is 6.70. The summed E-state index contributed by atoms with van der Waals surface area (Å²) in [5, 5.41) is 6.49. The molecule has 8 aromatic carbocycles. The molecule has 266 valence electrons. The molecule has 0 amide bonds. The van der Waals surface area contributed by atoms with Crippen LogP contribution in [0.15, 0.2) is 186 Å². The molecule has 12 aromatic rings. The summed E-state index contributed by atoms with van der Waals surface area (Å²) in [5.41, 5.74) is 9.53. The van der Waals surface area contributed by atoms with Crippen LogP contribution in [0.25, 0.3) is 111 Å². The normalized spacial score (nSPS) is 11.9. The topological polar surface area (TPSA) is 74.6 Å². The number of hydrogen-bond acceptors (Lipinski definition) is 5. The molecule has 4 aromatic heterocycles. The summed E-state index contributed by atoms with van der Waals surface area (Å²) < 4.78 is 11.1. The van der Waals surface area contributed by atoms with Gasteiger partial charge in [0.2, 0.25) is 5.95 Å². The van der Waals surface area contributed by atoms with Gasteiger partial charge in [0, 0.05) is 38.1 Å². The Balaban J connectivity index is 1.18. The largest absolute Gasteiger partial charge is 0.423 e. The summed E-state index contributed by atoms with van der Waals surface area (Å²) in [6.07, 6.45) is 0. The van der Waals surface area contributed by atoms with Crippen LogP contribution in [0.1, 0.15) is 0 Å². The van der Waals surface area contributed by atoms with Crippen molar-refractivity contribution in [3.05, 3.63) is 182 Å². The molecule has 0 N–H and O–H groups in total. The summed E-state index contributed by atoms with van der Waals surface area (Å²) in [4.78, 5) is 20.9. The Morgan fingerprint density at radius 1 is 0.351 bits per heavy atom. The standard InChI is InChI=1S/C50H30N6O/c1-3-13-31(14-4-1)32-23-25-35(26-24-32)48-52-47(34-16-5-2-6-17-34)53-49(54-48)55-41-21-11-9-19-37(41)39-28-29-40-38-20-10-12-22-42(38)56(46(40)45(39)55)50-51-44-36-18-8-7-15-33(36)27-30-43(44)57-50/h1-30H. The van der Waals surface area contributed by atoms with E-state index in [0.717, 1.165) is 87.7 Å². The summed E-state index contributed by atoms with van der Waals surface area (Å²) in [6, 6.07) is 63.2. The van der Waals surface area contributed by atoms with Crippen molar-refractivity contribution in [2.24, 2.45) is 0 Å². The monoisotopic (exact) mass is 730 g/mol. The number of oxazole rings is 1. The average Bonchev–Trinajstić information content (AvgIpc) is 3.97. The predicted molar refractivity (Wildman–Crippen MR) is 230 cm³/mol. The Morgan fingerprint density at radius 3 is 1.54 bits per heavy atom. The van der Waals surface area contributed by atoms with Crippen LogP contribution in [0.3, 0.4) is 0 Å². The predicted octanol–water partition coefficient (Wildman–Crippen LogP) is 12.4. The highest BCUT2D eigenvalue weighted by Crippen LogP contribution is 2.42. The molecule has 0 aliphatic rings. The Bertz CT molecular complexity index is 3510. The molecule has 0 saturated carbocycles. The Morgan fingerprint density at radius 2 is 0.860 bits per heavy atom. The summed E-state index contributed by atoms with van der Waals surface area (Å²) in [5.74, 6) is 1.69. The van der Waals surface area contributed by atoms with Crippen LogP contribution < -0.4 is 0 Å². The number of benzene rings is 8. The van der Waals surface area contributed by atoms with E-state index in [9.17, 15) is 0 Å². The second-order valence-electron chi connectivity index (χ2n) is 14.3. The van der Waals surface area contributed by atoms with Crippen molar-refractivity contribution in [2.45, 2.75) is 0 Å². The van der Waals surface area contributed by atoms with Crippen molar-refractivity contribution in [1.82, 2.24) is 29.1 Å². The van der Waals surface area contributed by atoms with Gasteiger partial charge in [0.15, 0.2) is 17.2 Å². The van der Waals surface area contributed by atoms with Gasteiger partial charge in [-0.25, -0.2) is 4.98 Å². The third-order valence-corrected chi connectivity index (χ3v) is 11.0. The fraction of sp³-hybridized carbons (Fsp3) is 0. The van der Waals surface area contributed by atoms with E-state index in [-0.39, 0.29) is 0 Å². The van der Waals surface area contributed by atoms with Crippen molar-refractivity contribution in [2.75, 3.05) is 0 Å². The van der Waals surface area contributed by atoms with E-state index in [1.54, 1.807) is 0 Å². The summed E-state index contributed by atoms with van der Waals surface area (Å²) >= 11 is 0. The Kier molecular flexibility index (Phi) is 6.79. The molecular formula is C50H30N6O. The van der Waals surface area contributed by atoms with E-state index in [1.165, 1.54) is 0 Å². The van der Waals surface area contributed by atoms with Crippen molar-refractivity contribution >= 4 is 65.5 Å². The van der Waals surface area contributed by atoms with Gasteiger partial charge in [0.1, 0.15) is 5.52 Å². The minimum Gasteiger partial charge on any atom is -0.423 e. The molecule has 57 heavy (non-hydrogen) atoms. The quantitative estimate of drug-likeness (QED) is 0.176. The van der Waals surface area contributed by atoms with Crippen LogP contribution in [0.2, 0.25) is 0 Å². The lowest BCUT2D eigenvalue weighted by atomic mass is 10.0. The fourth-order valence-electron chi connectivity index (χ4n) is 8.40. The molecule has 0 fully saturated rings. The first kappa shape index (κ1) is 31.5. The van der Waals surface area contributed by atoms with Crippen molar-refractivity contribution in [3.63, 3.8) is 0 Å². The zero-order chi connectivity index (χ0) is 37.5. The van der Waals surface area contributed by atoms with Crippen molar-refractivity contribution in [1.29, 1.82) is 0 Å². The van der Waals surface area contributed by atoms with Crippen LogP contribution in [0.4, 0.5) is 0 Å². The SMILES string of the molecule is c1ccc(-c2ccc(-c3nc(-c4ccccc4)nc(-n4c5ccccc5c5ccc6c7ccccc7n(-c7nc8c(ccc9ccccc98)o7)c6c54)n3)cc2)cc1. The Labute approximate surface area is 325 Å². The van der Waals surface area contributed by atoms with Crippen molar-refractivity contribution in [3.8, 4) is 45.9 Å². The van der Waals surface area contributed by atoms with Gasteiger partial charge in [0.05, 0.1) is 22.1 Å². The van der Waals surface area contributed by atoms with E-state index in [0.29, 0.717) is 23.6 Å². The summed E-state index contributed by atoms with van der Waals surface area (Å²) in [6.45, 7) is 0. The number of fused-ring (bicyclic) bond motifs is 10. The van der Waals surface area contributed by atoms with Crippen LogP contribution in [0.5, 0.6) is 0 Å². The van der Waals surface area contributed by atoms with Crippen LogP contribution >= 0.6 is 0 Å². The average molecular weight is 731 g/mol. The molecular weight excluding hydrogens is 701 g/mol. The first-order chi connectivity index (χ1) is 28.3. The number of para-hydroxylation sites is 2. The number of rotatable bonds is 5. The van der Waals surface area contributed by atoms with Gasteiger partial charge >= 0.3 is 6.01 Å². The number of hydrogen-bond donors (Lipinski definition) is 0. The van der Waals surface area contributed by atoms with Crippen LogP contribution in [0, 0.1) is 0 Å².